The van der Waals surface area contributed by atoms with E-state index in [1.165, 1.54) is 12.3 Å². The minimum absolute atomic E-state index is 0.0266. The molecule has 0 saturated heterocycles. The zero-order valence-corrected chi connectivity index (χ0v) is 10.4. The third-order valence-electron chi connectivity index (χ3n) is 2.60. The smallest absolute Gasteiger partial charge is 0.287 e. The second-order valence-corrected chi connectivity index (χ2v) is 3.94. The summed E-state index contributed by atoms with van der Waals surface area (Å²) in [6.45, 7) is 6.58. The van der Waals surface area contributed by atoms with Crippen molar-refractivity contribution >= 4 is 11.5 Å². The van der Waals surface area contributed by atoms with Gasteiger partial charge in [-0.15, -0.1) is 0 Å². The molecule has 0 aliphatic rings. The summed E-state index contributed by atoms with van der Waals surface area (Å²) in [5.41, 5.74) is 0.817. The van der Waals surface area contributed by atoms with Gasteiger partial charge in [0.15, 0.2) is 0 Å². The molecule has 0 fully saturated rings. The van der Waals surface area contributed by atoms with Crippen LogP contribution in [0.25, 0.3) is 0 Å². The molecule has 0 aliphatic carbocycles. The molecular formula is C11H18N4O2. The standard InChI is InChI=1S/C11H18N4O2/c1-4-14(3)6-5-12-11-9(2)7-10(8-13-11)15(16)17/h7-8H,4-6H2,1-3H3,(H,12,13). The molecule has 17 heavy (non-hydrogen) atoms. The predicted molar refractivity (Wildman–Crippen MR) is 67.3 cm³/mol. The SMILES string of the molecule is CCN(C)CCNc1ncc([N+](=O)[O-])cc1C. The molecule has 0 amide bonds. The highest BCUT2D eigenvalue weighted by Crippen LogP contribution is 2.17. The fourth-order valence-corrected chi connectivity index (χ4v) is 1.37. The molecular weight excluding hydrogens is 220 g/mol. The van der Waals surface area contributed by atoms with E-state index in [4.69, 9.17) is 0 Å². The van der Waals surface area contributed by atoms with Crippen LogP contribution < -0.4 is 5.32 Å². The second-order valence-electron chi connectivity index (χ2n) is 3.94. The first-order chi connectivity index (χ1) is 8.04. The van der Waals surface area contributed by atoms with Gasteiger partial charge in [-0.3, -0.25) is 10.1 Å². The maximum Gasteiger partial charge on any atom is 0.287 e. The van der Waals surface area contributed by atoms with Crippen LogP contribution in [0.3, 0.4) is 0 Å². The minimum Gasteiger partial charge on any atom is -0.369 e. The molecule has 0 unspecified atom stereocenters. The van der Waals surface area contributed by atoms with Crippen molar-refractivity contribution in [2.45, 2.75) is 13.8 Å². The van der Waals surface area contributed by atoms with Gasteiger partial charge in [0, 0.05) is 19.2 Å². The fourth-order valence-electron chi connectivity index (χ4n) is 1.37. The topological polar surface area (TPSA) is 71.3 Å². The maximum atomic E-state index is 10.5. The van der Waals surface area contributed by atoms with E-state index in [2.05, 4.69) is 22.1 Å². The lowest BCUT2D eigenvalue weighted by Gasteiger charge is -2.14. The van der Waals surface area contributed by atoms with Crippen molar-refractivity contribution in [1.29, 1.82) is 0 Å². The Bertz CT molecular complexity index is 395. The highest BCUT2D eigenvalue weighted by Gasteiger charge is 2.08. The van der Waals surface area contributed by atoms with Crippen LogP contribution >= 0.6 is 0 Å². The van der Waals surface area contributed by atoms with Crippen molar-refractivity contribution in [2.75, 3.05) is 32.0 Å². The normalized spacial score (nSPS) is 10.6. The number of pyridine rings is 1. The zero-order chi connectivity index (χ0) is 12.8. The number of rotatable bonds is 6. The summed E-state index contributed by atoms with van der Waals surface area (Å²) in [4.78, 5) is 16.3. The van der Waals surface area contributed by atoms with Gasteiger partial charge in [0.2, 0.25) is 0 Å². The molecule has 0 bridgehead atoms. The number of nitrogens with one attached hydrogen (secondary N) is 1. The Kier molecular flexibility index (Phi) is 4.84. The van der Waals surface area contributed by atoms with Gasteiger partial charge in [0.25, 0.3) is 5.69 Å². The number of anilines is 1. The number of nitro groups is 1. The summed E-state index contributed by atoms with van der Waals surface area (Å²) in [5.74, 6) is 0.708. The molecule has 0 atom stereocenters. The molecule has 0 saturated carbocycles. The van der Waals surface area contributed by atoms with E-state index in [0.29, 0.717) is 5.82 Å². The molecule has 1 rings (SSSR count). The Labute approximate surface area is 101 Å². The Morgan fingerprint density at radius 1 is 1.59 bits per heavy atom. The molecule has 0 aromatic carbocycles. The zero-order valence-electron chi connectivity index (χ0n) is 10.4. The molecule has 1 N–H and O–H groups in total. The van der Waals surface area contributed by atoms with Gasteiger partial charge in [0.05, 0.1) is 4.92 Å². The quantitative estimate of drug-likeness (QED) is 0.603. The highest BCUT2D eigenvalue weighted by atomic mass is 16.6. The van der Waals surface area contributed by atoms with Crippen LogP contribution in [0.15, 0.2) is 12.3 Å². The Morgan fingerprint density at radius 3 is 2.82 bits per heavy atom. The molecule has 0 spiro atoms. The molecule has 6 heteroatoms. The van der Waals surface area contributed by atoms with Crippen LogP contribution in [0, 0.1) is 17.0 Å². The number of hydrogen-bond donors (Lipinski definition) is 1. The second kappa shape index (κ2) is 6.15. The van der Waals surface area contributed by atoms with Crippen LogP contribution in [0.1, 0.15) is 12.5 Å². The molecule has 1 aromatic heterocycles. The van der Waals surface area contributed by atoms with E-state index in [1.54, 1.807) is 0 Å². The predicted octanol–water partition coefficient (Wildman–Crippen LogP) is 1.66. The van der Waals surface area contributed by atoms with Gasteiger partial charge >= 0.3 is 0 Å². The summed E-state index contributed by atoms with van der Waals surface area (Å²) in [7, 11) is 2.04. The van der Waals surface area contributed by atoms with E-state index >= 15 is 0 Å². The van der Waals surface area contributed by atoms with Gasteiger partial charge in [-0.2, -0.15) is 0 Å². The molecule has 0 aliphatic heterocycles. The lowest BCUT2D eigenvalue weighted by Crippen LogP contribution is -2.25. The van der Waals surface area contributed by atoms with E-state index in [9.17, 15) is 10.1 Å². The Balaban J connectivity index is 2.57. The Hall–Kier alpha value is -1.69. The average molecular weight is 238 g/mol. The van der Waals surface area contributed by atoms with E-state index < -0.39 is 4.92 Å². The van der Waals surface area contributed by atoms with Crippen molar-refractivity contribution in [2.24, 2.45) is 0 Å². The van der Waals surface area contributed by atoms with E-state index in [1.807, 2.05) is 14.0 Å². The van der Waals surface area contributed by atoms with Crippen LogP contribution in [0.2, 0.25) is 0 Å². The van der Waals surface area contributed by atoms with Crippen molar-refractivity contribution < 1.29 is 4.92 Å². The molecule has 94 valence electrons. The summed E-state index contributed by atoms with van der Waals surface area (Å²) in [5, 5.41) is 13.7. The van der Waals surface area contributed by atoms with Crippen LogP contribution in [-0.4, -0.2) is 41.5 Å². The molecule has 6 nitrogen and oxygen atoms in total. The van der Waals surface area contributed by atoms with Crippen LogP contribution in [-0.2, 0) is 0 Å². The highest BCUT2D eigenvalue weighted by molar-refractivity contribution is 5.48. The van der Waals surface area contributed by atoms with Crippen molar-refractivity contribution in [3.8, 4) is 0 Å². The first-order valence-corrected chi connectivity index (χ1v) is 5.58. The first-order valence-electron chi connectivity index (χ1n) is 5.58. The van der Waals surface area contributed by atoms with E-state index in [0.717, 1.165) is 25.2 Å². The molecule has 1 aromatic rings. The maximum absolute atomic E-state index is 10.5. The number of likely N-dealkylation sites (N-methyl/N-ethyl adjacent to an activating group) is 1. The van der Waals surface area contributed by atoms with Gasteiger partial charge in [0.1, 0.15) is 12.0 Å². The third-order valence-corrected chi connectivity index (χ3v) is 2.60. The number of nitrogens with zero attached hydrogens (tertiary/aromatic N) is 3. The first kappa shape index (κ1) is 13.4. The number of aromatic nitrogens is 1. The lowest BCUT2D eigenvalue weighted by molar-refractivity contribution is -0.385. The fraction of sp³-hybridized carbons (Fsp3) is 0.545. The summed E-state index contributed by atoms with van der Waals surface area (Å²) in [6.07, 6.45) is 1.28. The van der Waals surface area contributed by atoms with Crippen molar-refractivity contribution in [3.05, 3.63) is 27.9 Å². The minimum atomic E-state index is -0.436. The van der Waals surface area contributed by atoms with Gasteiger partial charge in [-0.25, -0.2) is 4.98 Å². The van der Waals surface area contributed by atoms with Gasteiger partial charge in [-0.05, 0) is 26.1 Å². The lowest BCUT2D eigenvalue weighted by atomic mass is 10.2. The van der Waals surface area contributed by atoms with E-state index in [-0.39, 0.29) is 5.69 Å². The molecule has 1 heterocycles. The largest absolute Gasteiger partial charge is 0.369 e. The number of hydrogen-bond acceptors (Lipinski definition) is 5. The summed E-state index contributed by atoms with van der Waals surface area (Å²) in [6, 6.07) is 1.53. The Morgan fingerprint density at radius 2 is 2.29 bits per heavy atom. The monoisotopic (exact) mass is 238 g/mol. The average Bonchev–Trinajstić information content (AvgIpc) is 2.30. The third kappa shape index (κ3) is 3.99. The van der Waals surface area contributed by atoms with Crippen LogP contribution in [0.4, 0.5) is 11.5 Å². The number of aryl methyl sites for hydroxylation is 1. The summed E-state index contributed by atoms with van der Waals surface area (Å²) < 4.78 is 0. The summed E-state index contributed by atoms with van der Waals surface area (Å²) >= 11 is 0. The van der Waals surface area contributed by atoms with Gasteiger partial charge < -0.3 is 10.2 Å². The van der Waals surface area contributed by atoms with Crippen molar-refractivity contribution in [3.63, 3.8) is 0 Å². The van der Waals surface area contributed by atoms with Gasteiger partial charge in [-0.1, -0.05) is 6.92 Å². The van der Waals surface area contributed by atoms with Crippen LogP contribution in [0.5, 0.6) is 0 Å². The van der Waals surface area contributed by atoms with Crippen molar-refractivity contribution in [1.82, 2.24) is 9.88 Å². The molecule has 0 radical (unpaired) electrons.